The van der Waals surface area contributed by atoms with Crippen LogP contribution in [-0.2, 0) is 4.79 Å². The largest absolute Gasteiger partial charge is 0.294 e. The number of ketones is 1. The molecule has 0 saturated heterocycles. The van der Waals surface area contributed by atoms with Crippen LogP contribution in [0.5, 0.6) is 0 Å². The minimum Gasteiger partial charge on any atom is -0.294 e. The standard InChI is InChI=1S/C11H17NO.C9H9N/c1-5-12-9-6-11(3,4)7-10(13)8(9)2;1-7-3-4-9(6-10)5-8(7)2/h5H,6-7H2,1-4H3;3-5H,1-2H3. The van der Waals surface area contributed by atoms with Crippen LogP contribution in [0.4, 0.5) is 0 Å². The molecule has 1 aliphatic carbocycles. The van der Waals surface area contributed by atoms with Crippen LogP contribution in [0.25, 0.3) is 0 Å². The lowest BCUT2D eigenvalue weighted by atomic mass is 9.76. The van der Waals surface area contributed by atoms with Gasteiger partial charge < -0.3 is 0 Å². The van der Waals surface area contributed by atoms with Crippen LogP contribution >= 0.6 is 0 Å². The lowest BCUT2D eigenvalue weighted by Crippen LogP contribution is -2.24. The normalized spacial score (nSPS) is 16.8. The minimum absolute atomic E-state index is 0.0818. The summed E-state index contributed by atoms with van der Waals surface area (Å²) >= 11 is 0. The predicted molar refractivity (Wildman–Crippen MR) is 95.5 cm³/mol. The lowest BCUT2D eigenvalue weighted by molar-refractivity contribution is -0.118. The van der Waals surface area contributed by atoms with Crippen molar-refractivity contribution in [2.45, 2.75) is 54.4 Å². The predicted octanol–water partition coefficient (Wildman–Crippen LogP) is 4.92. The smallest absolute Gasteiger partial charge is 0.160 e. The molecule has 0 atom stereocenters. The highest BCUT2D eigenvalue weighted by molar-refractivity contribution is 5.97. The first kappa shape index (κ1) is 18.8. The van der Waals surface area contributed by atoms with Crippen molar-refractivity contribution in [3.8, 4) is 6.07 Å². The molecular formula is C20H26N2O. The second-order valence-corrected chi connectivity index (χ2v) is 6.81. The van der Waals surface area contributed by atoms with Gasteiger partial charge in [-0.3, -0.25) is 9.79 Å². The van der Waals surface area contributed by atoms with E-state index in [1.165, 1.54) is 11.1 Å². The van der Waals surface area contributed by atoms with Crippen LogP contribution in [0.15, 0.2) is 34.5 Å². The quantitative estimate of drug-likeness (QED) is 0.692. The molecule has 0 spiro atoms. The molecule has 0 bridgehead atoms. The van der Waals surface area contributed by atoms with E-state index >= 15 is 0 Å². The number of nitrogens with zero attached hydrogens (tertiary/aromatic N) is 2. The number of benzene rings is 1. The first-order chi connectivity index (χ1) is 10.7. The Labute approximate surface area is 139 Å². The zero-order valence-corrected chi connectivity index (χ0v) is 15.0. The van der Waals surface area contributed by atoms with E-state index in [0.29, 0.717) is 6.42 Å². The van der Waals surface area contributed by atoms with E-state index in [1.54, 1.807) is 6.21 Å². The van der Waals surface area contributed by atoms with Gasteiger partial charge in [-0.15, -0.1) is 0 Å². The Hall–Kier alpha value is -2.21. The number of hydrogen-bond donors (Lipinski definition) is 0. The SMILES string of the molecule is CC=NC1=C(C)C(=O)CC(C)(C)C1.Cc1ccc(C#N)cc1C. The van der Waals surface area contributed by atoms with E-state index in [-0.39, 0.29) is 11.2 Å². The van der Waals surface area contributed by atoms with Gasteiger partial charge in [0.15, 0.2) is 5.78 Å². The van der Waals surface area contributed by atoms with Crippen LogP contribution < -0.4 is 0 Å². The van der Waals surface area contributed by atoms with Crippen LogP contribution in [0, 0.1) is 30.6 Å². The van der Waals surface area contributed by atoms with Gasteiger partial charge in [0, 0.05) is 23.9 Å². The molecule has 3 heteroatoms. The number of carbonyl (C=O) groups is 1. The number of aryl methyl sites for hydroxylation is 2. The highest BCUT2D eigenvalue weighted by Gasteiger charge is 2.30. The highest BCUT2D eigenvalue weighted by atomic mass is 16.1. The molecule has 122 valence electrons. The third-order valence-corrected chi connectivity index (χ3v) is 4.06. The fraction of sp³-hybridized carbons (Fsp3) is 0.450. The number of carbonyl (C=O) groups excluding carboxylic acids is 1. The van der Waals surface area contributed by atoms with Gasteiger partial charge in [0.05, 0.1) is 11.6 Å². The van der Waals surface area contributed by atoms with Crippen LogP contribution in [-0.4, -0.2) is 12.0 Å². The molecule has 1 aromatic carbocycles. The Morgan fingerprint density at radius 1 is 1.17 bits per heavy atom. The van der Waals surface area contributed by atoms with Gasteiger partial charge in [-0.05, 0) is 62.8 Å². The van der Waals surface area contributed by atoms with Crippen molar-refractivity contribution in [2.75, 3.05) is 0 Å². The molecule has 0 fully saturated rings. The molecule has 0 unspecified atom stereocenters. The summed E-state index contributed by atoms with van der Waals surface area (Å²) < 4.78 is 0. The summed E-state index contributed by atoms with van der Waals surface area (Å²) in [4.78, 5) is 15.8. The Morgan fingerprint density at radius 2 is 1.83 bits per heavy atom. The summed E-state index contributed by atoms with van der Waals surface area (Å²) in [6.07, 6.45) is 3.32. The summed E-state index contributed by atoms with van der Waals surface area (Å²) in [6.45, 7) is 12.0. The average Bonchev–Trinajstić information content (AvgIpc) is 2.47. The third-order valence-electron chi connectivity index (χ3n) is 4.06. The van der Waals surface area contributed by atoms with Crippen molar-refractivity contribution in [3.05, 3.63) is 46.2 Å². The molecule has 3 nitrogen and oxygen atoms in total. The Balaban J connectivity index is 0.000000238. The van der Waals surface area contributed by atoms with Gasteiger partial charge in [0.25, 0.3) is 0 Å². The number of hydrogen-bond acceptors (Lipinski definition) is 3. The molecule has 0 saturated carbocycles. The summed E-state index contributed by atoms with van der Waals surface area (Å²) in [5.74, 6) is 0.247. The van der Waals surface area contributed by atoms with Crippen molar-refractivity contribution < 1.29 is 4.79 Å². The maximum Gasteiger partial charge on any atom is 0.160 e. The molecule has 0 radical (unpaired) electrons. The zero-order valence-electron chi connectivity index (χ0n) is 15.0. The molecule has 0 aromatic heterocycles. The summed E-state index contributed by atoms with van der Waals surface area (Å²) in [5.41, 5.74) is 5.04. The molecule has 0 aliphatic heterocycles. The number of aliphatic imine (C=N–C) groups is 1. The Kier molecular flexibility index (Phi) is 6.45. The molecule has 23 heavy (non-hydrogen) atoms. The van der Waals surface area contributed by atoms with Gasteiger partial charge in [-0.1, -0.05) is 19.9 Å². The van der Waals surface area contributed by atoms with Crippen molar-refractivity contribution in [2.24, 2.45) is 10.4 Å². The van der Waals surface area contributed by atoms with Gasteiger partial charge in [0.2, 0.25) is 0 Å². The molecule has 1 aliphatic rings. The number of rotatable bonds is 1. The van der Waals surface area contributed by atoms with E-state index in [0.717, 1.165) is 23.3 Å². The summed E-state index contributed by atoms with van der Waals surface area (Å²) in [7, 11) is 0. The van der Waals surface area contributed by atoms with E-state index in [4.69, 9.17) is 5.26 Å². The number of allylic oxidation sites excluding steroid dienone is 2. The molecule has 0 amide bonds. The van der Waals surface area contributed by atoms with Crippen LogP contribution in [0.2, 0.25) is 0 Å². The zero-order chi connectivity index (χ0) is 17.6. The van der Waals surface area contributed by atoms with E-state index in [2.05, 4.69) is 24.9 Å². The highest BCUT2D eigenvalue weighted by Crippen LogP contribution is 2.36. The first-order valence-corrected chi connectivity index (χ1v) is 7.89. The van der Waals surface area contributed by atoms with Crippen LogP contribution in [0.1, 0.15) is 57.2 Å². The van der Waals surface area contributed by atoms with Gasteiger partial charge >= 0.3 is 0 Å². The van der Waals surface area contributed by atoms with E-state index < -0.39 is 0 Å². The van der Waals surface area contributed by atoms with E-state index in [1.807, 2.05) is 45.9 Å². The number of nitriles is 1. The summed E-state index contributed by atoms with van der Waals surface area (Å²) in [5, 5.41) is 8.50. The van der Waals surface area contributed by atoms with Crippen molar-refractivity contribution in [1.82, 2.24) is 0 Å². The topological polar surface area (TPSA) is 53.2 Å². The lowest BCUT2D eigenvalue weighted by Gasteiger charge is -2.29. The average molecular weight is 310 g/mol. The Morgan fingerprint density at radius 3 is 2.35 bits per heavy atom. The minimum atomic E-state index is 0.0818. The summed E-state index contributed by atoms with van der Waals surface area (Å²) in [6, 6.07) is 7.79. The van der Waals surface area contributed by atoms with Crippen molar-refractivity contribution >= 4 is 12.0 Å². The molecular weight excluding hydrogens is 284 g/mol. The maximum atomic E-state index is 11.6. The first-order valence-electron chi connectivity index (χ1n) is 7.89. The molecule has 1 aromatic rings. The van der Waals surface area contributed by atoms with Gasteiger partial charge in [0.1, 0.15) is 0 Å². The maximum absolute atomic E-state index is 11.6. The van der Waals surface area contributed by atoms with Gasteiger partial charge in [-0.2, -0.15) is 5.26 Å². The van der Waals surface area contributed by atoms with Gasteiger partial charge in [-0.25, -0.2) is 0 Å². The van der Waals surface area contributed by atoms with E-state index in [9.17, 15) is 4.79 Å². The second-order valence-electron chi connectivity index (χ2n) is 6.81. The fourth-order valence-electron chi connectivity index (χ4n) is 2.49. The molecule has 0 N–H and O–H groups in total. The second kappa shape index (κ2) is 7.87. The van der Waals surface area contributed by atoms with Crippen molar-refractivity contribution in [1.29, 1.82) is 5.26 Å². The van der Waals surface area contributed by atoms with Crippen molar-refractivity contribution in [3.63, 3.8) is 0 Å². The number of Topliss-reactive ketones (excluding diaryl/α,β-unsaturated/α-hetero) is 1. The third kappa shape index (κ3) is 5.49. The monoisotopic (exact) mass is 310 g/mol. The van der Waals surface area contributed by atoms with Crippen LogP contribution in [0.3, 0.4) is 0 Å². The molecule has 2 rings (SSSR count). The Bertz CT molecular complexity index is 688. The molecule has 0 heterocycles. The fourth-order valence-corrected chi connectivity index (χ4v) is 2.49.